The molecule has 2 aromatic rings. The molecule has 18 heavy (non-hydrogen) atoms. The number of benzene rings is 1. The zero-order valence-electron chi connectivity index (χ0n) is 11.1. The molecule has 0 saturated heterocycles. The Balaban J connectivity index is 2.06. The Morgan fingerprint density at radius 3 is 2.78 bits per heavy atom. The number of hydrogen-bond acceptors (Lipinski definition) is 2. The first-order chi connectivity index (χ1) is 8.58. The first kappa shape index (κ1) is 12.6. The molecule has 3 heteroatoms. The fourth-order valence-electron chi connectivity index (χ4n) is 2.05. The molecule has 0 atom stereocenters. The van der Waals surface area contributed by atoms with E-state index < -0.39 is 0 Å². The number of Topliss-reactive ketones (excluding diaryl/α,β-unsaturated/α-hetero) is 1. The Bertz CT molecular complexity index is 570. The number of ketones is 1. The summed E-state index contributed by atoms with van der Waals surface area (Å²) in [6.07, 6.45) is 5.06. The highest BCUT2D eigenvalue weighted by Gasteiger charge is 2.10. The second-order valence-electron chi connectivity index (χ2n) is 4.69. The largest absolute Gasteiger partial charge is 0.294 e. The third-order valence-electron chi connectivity index (χ3n) is 3.30. The predicted molar refractivity (Wildman–Crippen MR) is 71.8 cm³/mol. The Labute approximate surface area is 107 Å². The average Bonchev–Trinajstić information content (AvgIpc) is 2.76. The third kappa shape index (κ3) is 2.67. The van der Waals surface area contributed by atoms with Crippen molar-refractivity contribution in [3.05, 3.63) is 52.8 Å². The summed E-state index contributed by atoms with van der Waals surface area (Å²) < 4.78 is 1.76. The van der Waals surface area contributed by atoms with Crippen LogP contribution in [0.5, 0.6) is 0 Å². The lowest BCUT2D eigenvalue weighted by molar-refractivity contribution is 0.0982. The van der Waals surface area contributed by atoms with Gasteiger partial charge >= 0.3 is 0 Å². The maximum absolute atomic E-state index is 12.2. The molecule has 0 spiro atoms. The van der Waals surface area contributed by atoms with Crippen LogP contribution in [0, 0.1) is 13.8 Å². The Morgan fingerprint density at radius 1 is 1.33 bits per heavy atom. The summed E-state index contributed by atoms with van der Waals surface area (Å²) >= 11 is 0. The monoisotopic (exact) mass is 242 g/mol. The molecule has 1 aromatic heterocycles. The minimum absolute atomic E-state index is 0.208. The second kappa shape index (κ2) is 5.17. The molecule has 94 valence electrons. The molecule has 0 radical (unpaired) electrons. The second-order valence-corrected chi connectivity index (χ2v) is 4.69. The summed E-state index contributed by atoms with van der Waals surface area (Å²) in [6, 6.07) is 5.89. The molecule has 0 amide bonds. The highest BCUT2D eigenvalue weighted by molar-refractivity contribution is 5.97. The molecular weight excluding hydrogens is 224 g/mol. The summed E-state index contributed by atoms with van der Waals surface area (Å²) in [6.45, 7) is 4.04. The van der Waals surface area contributed by atoms with Gasteiger partial charge in [-0.1, -0.05) is 18.2 Å². The molecule has 0 bridgehead atoms. The van der Waals surface area contributed by atoms with Crippen LogP contribution in [0.3, 0.4) is 0 Å². The van der Waals surface area contributed by atoms with Gasteiger partial charge in [-0.15, -0.1) is 0 Å². The van der Waals surface area contributed by atoms with E-state index in [-0.39, 0.29) is 5.78 Å². The van der Waals surface area contributed by atoms with Crippen molar-refractivity contribution in [1.29, 1.82) is 0 Å². The zero-order chi connectivity index (χ0) is 13.1. The smallest absolute Gasteiger partial charge is 0.163 e. The van der Waals surface area contributed by atoms with Gasteiger partial charge in [-0.3, -0.25) is 9.48 Å². The van der Waals surface area contributed by atoms with Gasteiger partial charge in [0.2, 0.25) is 0 Å². The van der Waals surface area contributed by atoms with Crippen molar-refractivity contribution in [2.45, 2.75) is 26.7 Å². The lowest BCUT2D eigenvalue weighted by Crippen LogP contribution is -2.04. The van der Waals surface area contributed by atoms with Crippen LogP contribution in [0.1, 0.15) is 33.5 Å². The van der Waals surface area contributed by atoms with E-state index in [1.165, 1.54) is 5.56 Å². The van der Waals surface area contributed by atoms with Crippen molar-refractivity contribution in [1.82, 2.24) is 9.78 Å². The molecule has 0 saturated carbocycles. The van der Waals surface area contributed by atoms with Crippen LogP contribution < -0.4 is 0 Å². The maximum atomic E-state index is 12.2. The van der Waals surface area contributed by atoms with Gasteiger partial charge in [0.25, 0.3) is 0 Å². The van der Waals surface area contributed by atoms with Crippen molar-refractivity contribution in [3.8, 4) is 0 Å². The number of aryl methyl sites for hydroxylation is 3. The van der Waals surface area contributed by atoms with Crippen molar-refractivity contribution in [3.63, 3.8) is 0 Å². The van der Waals surface area contributed by atoms with Gasteiger partial charge in [-0.25, -0.2) is 0 Å². The Kier molecular flexibility index (Phi) is 3.60. The normalized spacial score (nSPS) is 10.6. The molecule has 0 unspecified atom stereocenters. The van der Waals surface area contributed by atoms with Gasteiger partial charge in [-0.05, 0) is 37.0 Å². The number of rotatable bonds is 4. The molecule has 1 aromatic carbocycles. The molecule has 0 fully saturated rings. The van der Waals surface area contributed by atoms with E-state index in [1.807, 2.05) is 51.5 Å². The van der Waals surface area contributed by atoms with E-state index in [2.05, 4.69) is 5.10 Å². The summed E-state index contributed by atoms with van der Waals surface area (Å²) in [5.41, 5.74) is 4.21. The fourth-order valence-corrected chi connectivity index (χ4v) is 2.05. The van der Waals surface area contributed by atoms with E-state index in [0.717, 1.165) is 23.1 Å². The molecule has 0 aliphatic carbocycles. The van der Waals surface area contributed by atoms with Crippen molar-refractivity contribution < 1.29 is 4.79 Å². The van der Waals surface area contributed by atoms with Gasteiger partial charge < -0.3 is 0 Å². The molecule has 0 aliphatic heterocycles. The van der Waals surface area contributed by atoms with E-state index in [9.17, 15) is 4.79 Å². The van der Waals surface area contributed by atoms with Gasteiger partial charge in [0, 0.05) is 25.2 Å². The van der Waals surface area contributed by atoms with E-state index >= 15 is 0 Å². The van der Waals surface area contributed by atoms with E-state index in [0.29, 0.717) is 6.42 Å². The fraction of sp³-hybridized carbons (Fsp3) is 0.333. The Morgan fingerprint density at radius 2 is 2.11 bits per heavy atom. The first-order valence-corrected chi connectivity index (χ1v) is 6.15. The van der Waals surface area contributed by atoms with Crippen LogP contribution >= 0.6 is 0 Å². The lowest BCUT2D eigenvalue weighted by Gasteiger charge is -2.06. The number of aromatic nitrogens is 2. The van der Waals surface area contributed by atoms with Crippen LogP contribution in [0.15, 0.2) is 30.6 Å². The third-order valence-corrected chi connectivity index (χ3v) is 3.30. The van der Waals surface area contributed by atoms with Gasteiger partial charge in [0.15, 0.2) is 5.78 Å². The van der Waals surface area contributed by atoms with Crippen LogP contribution in [0.25, 0.3) is 0 Å². The van der Waals surface area contributed by atoms with Crippen molar-refractivity contribution in [2.75, 3.05) is 0 Å². The van der Waals surface area contributed by atoms with Crippen LogP contribution in [0.4, 0.5) is 0 Å². The number of carbonyl (C=O) groups is 1. The molecular formula is C15H18N2O. The number of nitrogens with zero attached hydrogens (tertiary/aromatic N) is 2. The molecule has 0 N–H and O–H groups in total. The van der Waals surface area contributed by atoms with Crippen molar-refractivity contribution in [2.24, 2.45) is 7.05 Å². The summed E-state index contributed by atoms with van der Waals surface area (Å²) in [5, 5.41) is 4.10. The SMILES string of the molecule is Cc1cccc(C(=O)CCc2cnn(C)c2)c1C. The highest BCUT2D eigenvalue weighted by Crippen LogP contribution is 2.15. The zero-order valence-corrected chi connectivity index (χ0v) is 11.1. The standard InChI is InChI=1S/C15H18N2O/c1-11-5-4-6-14(12(11)2)15(18)8-7-13-9-16-17(3)10-13/h4-6,9-10H,7-8H2,1-3H3. The lowest BCUT2D eigenvalue weighted by atomic mass is 9.97. The summed E-state index contributed by atoms with van der Waals surface area (Å²) in [4.78, 5) is 12.2. The molecule has 3 nitrogen and oxygen atoms in total. The number of carbonyl (C=O) groups excluding carboxylic acids is 1. The van der Waals surface area contributed by atoms with E-state index in [1.54, 1.807) is 4.68 Å². The van der Waals surface area contributed by atoms with Gasteiger partial charge in [0.1, 0.15) is 0 Å². The molecule has 1 heterocycles. The average molecular weight is 242 g/mol. The minimum Gasteiger partial charge on any atom is -0.294 e. The van der Waals surface area contributed by atoms with Crippen LogP contribution in [-0.4, -0.2) is 15.6 Å². The number of hydrogen-bond donors (Lipinski definition) is 0. The van der Waals surface area contributed by atoms with Gasteiger partial charge in [0.05, 0.1) is 6.20 Å². The quantitative estimate of drug-likeness (QED) is 0.773. The van der Waals surface area contributed by atoms with Crippen LogP contribution in [-0.2, 0) is 13.5 Å². The summed E-state index contributed by atoms with van der Waals surface area (Å²) in [7, 11) is 1.88. The topological polar surface area (TPSA) is 34.9 Å². The Hall–Kier alpha value is -1.90. The first-order valence-electron chi connectivity index (χ1n) is 6.15. The summed E-state index contributed by atoms with van der Waals surface area (Å²) in [5.74, 6) is 0.208. The maximum Gasteiger partial charge on any atom is 0.163 e. The minimum atomic E-state index is 0.208. The molecule has 2 rings (SSSR count). The highest BCUT2D eigenvalue weighted by atomic mass is 16.1. The van der Waals surface area contributed by atoms with E-state index in [4.69, 9.17) is 0 Å². The molecule has 0 aliphatic rings. The van der Waals surface area contributed by atoms with Crippen molar-refractivity contribution >= 4 is 5.78 Å². The van der Waals surface area contributed by atoms with Gasteiger partial charge in [-0.2, -0.15) is 5.10 Å². The predicted octanol–water partition coefficient (Wildman–Crippen LogP) is 2.85. The van der Waals surface area contributed by atoms with Crippen LogP contribution in [0.2, 0.25) is 0 Å².